The molecule has 4 aromatic carbocycles. The molecule has 0 amide bonds. The summed E-state index contributed by atoms with van der Waals surface area (Å²) in [7, 11) is 6.32. The molecule has 5 aromatic rings. The number of hydrogen-bond acceptors (Lipinski definition) is 8. The van der Waals surface area contributed by atoms with Gasteiger partial charge < -0.3 is 28.1 Å². The van der Waals surface area contributed by atoms with Crippen molar-refractivity contribution in [3.05, 3.63) is 111 Å². The summed E-state index contributed by atoms with van der Waals surface area (Å²) in [4.78, 5) is 25.7. The number of rotatable bonds is 6. The molecule has 0 saturated carbocycles. The summed E-state index contributed by atoms with van der Waals surface area (Å²) in [6, 6.07) is 18.5. The summed E-state index contributed by atoms with van der Waals surface area (Å²) in [5.41, 5.74) is 7.58. The van der Waals surface area contributed by atoms with Gasteiger partial charge in [-0.25, -0.2) is 0 Å². The first kappa shape index (κ1) is 32.2. The van der Waals surface area contributed by atoms with Gasteiger partial charge in [-0.05, 0) is 97.5 Å². The van der Waals surface area contributed by atoms with E-state index in [0.29, 0.717) is 57.5 Å². The van der Waals surface area contributed by atoms with Crippen molar-refractivity contribution in [3.8, 4) is 39.9 Å². The number of fused-ring (bicyclic) bond motifs is 2. The highest BCUT2D eigenvalue weighted by molar-refractivity contribution is 6.04. The Hall–Kier alpha value is -5.24. The van der Waals surface area contributed by atoms with E-state index in [2.05, 4.69) is 0 Å². The lowest BCUT2D eigenvalue weighted by molar-refractivity contribution is 0.0895. The zero-order valence-electron chi connectivity index (χ0n) is 27.4. The van der Waals surface area contributed by atoms with E-state index in [1.807, 2.05) is 76.2 Å². The van der Waals surface area contributed by atoms with Crippen LogP contribution in [0.2, 0.25) is 0 Å². The largest absolute Gasteiger partial charge is 0.493 e. The van der Waals surface area contributed by atoms with Gasteiger partial charge in [0, 0.05) is 0 Å². The van der Waals surface area contributed by atoms with Crippen molar-refractivity contribution in [2.24, 2.45) is 0 Å². The van der Waals surface area contributed by atoms with Gasteiger partial charge in [0.15, 0.2) is 28.8 Å². The minimum Gasteiger partial charge on any atom is -0.493 e. The fourth-order valence-electron chi connectivity index (χ4n) is 5.56. The summed E-state index contributed by atoms with van der Waals surface area (Å²) in [6.07, 6.45) is 1.51. The van der Waals surface area contributed by atoms with Crippen LogP contribution in [0.25, 0.3) is 22.1 Å². The predicted molar refractivity (Wildman–Crippen MR) is 179 cm³/mol. The second-order valence-electron chi connectivity index (χ2n) is 11.2. The molecule has 8 nitrogen and oxygen atoms in total. The molecule has 1 aromatic heterocycles. The van der Waals surface area contributed by atoms with Crippen LogP contribution in [0.15, 0.2) is 76.1 Å². The van der Waals surface area contributed by atoms with E-state index >= 15 is 0 Å². The number of aryl methyl sites for hydroxylation is 3. The van der Waals surface area contributed by atoms with Gasteiger partial charge in [0.2, 0.25) is 5.43 Å². The highest BCUT2D eigenvalue weighted by Crippen LogP contribution is 2.38. The number of hydrogen-bond donors (Lipinski definition) is 0. The number of methoxy groups -OCH3 is 4. The van der Waals surface area contributed by atoms with E-state index < -0.39 is 0 Å². The Kier molecular flexibility index (Phi) is 9.37. The van der Waals surface area contributed by atoms with E-state index in [-0.39, 0.29) is 17.1 Å². The van der Waals surface area contributed by atoms with Crippen LogP contribution in [-0.4, -0.2) is 40.8 Å². The Morgan fingerprint density at radius 3 is 1.93 bits per heavy atom. The molecule has 238 valence electrons. The summed E-state index contributed by atoms with van der Waals surface area (Å²) in [5, 5.41) is 0.584. The van der Waals surface area contributed by atoms with Crippen LogP contribution in [0.5, 0.6) is 28.7 Å². The lowest BCUT2D eigenvalue weighted by Gasteiger charge is -2.26. The van der Waals surface area contributed by atoms with Crippen molar-refractivity contribution in [2.75, 3.05) is 35.0 Å². The van der Waals surface area contributed by atoms with Gasteiger partial charge in [0.1, 0.15) is 24.2 Å². The van der Waals surface area contributed by atoms with Crippen molar-refractivity contribution in [2.45, 2.75) is 33.6 Å². The van der Waals surface area contributed by atoms with Gasteiger partial charge in [-0.15, -0.1) is 0 Å². The molecular weight excluding hydrogens is 584 g/mol. The van der Waals surface area contributed by atoms with Crippen LogP contribution < -0.4 is 29.1 Å². The van der Waals surface area contributed by atoms with E-state index in [4.69, 9.17) is 28.1 Å². The van der Waals surface area contributed by atoms with Crippen molar-refractivity contribution < 1.29 is 32.9 Å². The van der Waals surface area contributed by atoms with Crippen molar-refractivity contribution >= 4 is 16.8 Å². The molecule has 0 aliphatic carbocycles. The second kappa shape index (κ2) is 13.4. The molecule has 0 radical (unpaired) electrons. The van der Waals surface area contributed by atoms with Crippen LogP contribution in [0.4, 0.5) is 0 Å². The first-order valence-electron chi connectivity index (χ1n) is 14.9. The summed E-state index contributed by atoms with van der Waals surface area (Å²) in [5.74, 6) is 2.92. The maximum Gasteiger partial charge on any atom is 0.200 e. The average molecular weight is 623 g/mol. The molecule has 2 heterocycles. The second-order valence-corrected chi connectivity index (χ2v) is 11.2. The Balaban J connectivity index is 0.000000181. The maximum atomic E-state index is 12.9. The molecule has 1 aliphatic rings. The third-order valence-corrected chi connectivity index (χ3v) is 8.62. The molecular formula is C38H38O8. The van der Waals surface area contributed by atoms with E-state index in [1.165, 1.54) is 6.26 Å². The van der Waals surface area contributed by atoms with Gasteiger partial charge in [0.25, 0.3) is 0 Å². The number of carbonyl (C=O) groups is 1. The van der Waals surface area contributed by atoms with Gasteiger partial charge in [-0.3, -0.25) is 9.59 Å². The molecule has 1 aliphatic heterocycles. The Labute approximate surface area is 268 Å². The quantitative estimate of drug-likeness (QED) is 0.190. The Morgan fingerprint density at radius 1 is 0.652 bits per heavy atom. The maximum absolute atomic E-state index is 12.9. The molecule has 0 spiro atoms. The molecule has 0 bridgehead atoms. The molecule has 0 saturated heterocycles. The monoisotopic (exact) mass is 622 g/mol. The van der Waals surface area contributed by atoms with E-state index in [1.54, 1.807) is 40.6 Å². The molecule has 6 rings (SSSR count). The van der Waals surface area contributed by atoms with Crippen LogP contribution in [0, 0.1) is 27.7 Å². The predicted octanol–water partition coefficient (Wildman–Crippen LogP) is 7.77. The van der Waals surface area contributed by atoms with Crippen molar-refractivity contribution in [3.63, 3.8) is 0 Å². The summed E-state index contributed by atoms with van der Waals surface area (Å²) < 4.78 is 32.8. The first-order valence-corrected chi connectivity index (χ1v) is 14.9. The highest BCUT2D eigenvalue weighted by atomic mass is 16.5. The minimum atomic E-state index is -0.329. The molecule has 1 unspecified atom stereocenters. The number of Topliss-reactive ketones (excluding diaryl/α,β-unsaturated/α-hetero) is 1. The molecule has 46 heavy (non-hydrogen) atoms. The fraction of sp³-hybridized carbons (Fsp3) is 0.263. The lowest BCUT2D eigenvalue weighted by atomic mass is 9.87. The van der Waals surface area contributed by atoms with E-state index in [9.17, 15) is 9.59 Å². The third-order valence-electron chi connectivity index (χ3n) is 8.62. The SMILES string of the molecule is COc1ccc(-c2coc3c(C)c(C)ccc3c2=O)cc1OC.COc1ccc(C2COc3c(ccc(C)c3C)C2=O)cc1OC. The first-order chi connectivity index (χ1) is 22.1. The van der Waals surface area contributed by atoms with Gasteiger partial charge >= 0.3 is 0 Å². The van der Waals surface area contributed by atoms with Gasteiger partial charge in [-0.1, -0.05) is 24.3 Å². The minimum absolute atomic E-state index is 0.0541. The average Bonchev–Trinajstić information content (AvgIpc) is 3.08. The number of benzene rings is 4. The Morgan fingerprint density at radius 2 is 1.26 bits per heavy atom. The summed E-state index contributed by atoms with van der Waals surface area (Å²) >= 11 is 0. The number of ether oxygens (including phenoxy) is 5. The topological polar surface area (TPSA) is 93.4 Å². The van der Waals surface area contributed by atoms with Crippen LogP contribution >= 0.6 is 0 Å². The molecule has 8 heteroatoms. The molecule has 0 N–H and O–H groups in total. The van der Waals surface area contributed by atoms with Crippen molar-refractivity contribution in [1.29, 1.82) is 0 Å². The number of ketones is 1. The van der Waals surface area contributed by atoms with Crippen molar-refractivity contribution in [1.82, 2.24) is 0 Å². The van der Waals surface area contributed by atoms with Gasteiger partial charge in [0.05, 0.1) is 50.9 Å². The van der Waals surface area contributed by atoms with Crippen LogP contribution in [-0.2, 0) is 0 Å². The standard InChI is InChI=1S/C19H20O4.C19H18O4/c2*1-11-5-7-14-18(20)15(10-23-19(14)12(11)2)13-6-8-16(21-3)17(9-13)22-4/h5-9,15H,10H2,1-4H3;5-10H,1-4H3. The molecule has 0 fully saturated rings. The van der Waals surface area contributed by atoms with Crippen LogP contribution in [0.3, 0.4) is 0 Å². The van der Waals surface area contributed by atoms with E-state index in [0.717, 1.165) is 33.4 Å². The van der Waals surface area contributed by atoms with Gasteiger partial charge in [-0.2, -0.15) is 0 Å². The molecule has 1 atom stereocenters. The zero-order chi connectivity index (χ0) is 33.1. The third kappa shape index (κ3) is 5.90. The highest BCUT2D eigenvalue weighted by Gasteiger charge is 2.32. The van der Waals surface area contributed by atoms with Crippen LogP contribution in [0.1, 0.15) is 44.1 Å². The fourth-order valence-corrected chi connectivity index (χ4v) is 5.56. The smallest absolute Gasteiger partial charge is 0.200 e. The zero-order valence-corrected chi connectivity index (χ0v) is 27.4. The summed E-state index contributed by atoms with van der Waals surface area (Å²) in [6.45, 7) is 8.29. The number of carbonyl (C=O) groups excluding carboxylic acids is 1. The lowest BCUT2D eigenvalue weighted by Crippen LogP contribution is -2.26. The normalized spacial score (nSPS) is 13.7. The Bertz CT molecular complexity index is 1990.